The largest absolute Gasteiger partial charge is 0.349 e. The van der Waals surface area contributed by atoms with Crippen LogP contribution in [0.3, 0.4) is 0 Å². The summed E-state index contributed by atoms with van der Waals surface area (Å²) < 4.78 is 0. The molecule has 2 nitrogen and oxygen atoms in total. The Morgan fingerprint density at radius 3 is 2.44 bits per heavy atom. The number of allylic oxidation sites excluding steroid dienone is 1. The molecule has 25 heavy (non-hydrogen) atoms. The van der Waals surface area contributed by atoms with Crippen LogP contribution in [-0.4, -0.2) is 5.91 Å². The molecule has 2 fully saturated rings. The minimum Gasteiger partial charge on any atom is -0.349 e. The Labute approximate surface area is 161 Å². The molecule has 2 saturated carbocycles. The van der Waals surface area contributed by atoms with Crippen molar-refractivity contribution in [3.63, 3.8) is 0 Å². The highest BCUT2D eigenvalue weighted by molar-refractivity contribution is 6.36. The van der Waals surface area contributed by atoms with Gasteiger partial charge in [0.25, 0.3) is 0 Å². The average molecular weight is 380 g/mol. The average Bonchev–Trinajstić information content (AvgIpc) is 3.00. The molecule has 4 heteroatoms. The van der Waals surface area contributed by atoms with Gasteiger partial charge < -0.3 is 5.32 Å². The summed E-state index contributed by atoms with van der Waals surface area (Å²) in [6.45, 7) is 8.11. The van der Waals surface area contributed by atoms with Gasteiger partial charge in [0.2, 0.25) is 5.91 Å². The molecule has 4 atom stereocenters. The van der Waals surface area contributed by atoms with E-state index < -0.39 is 0 Å². The number of carbonyl (C=O) groups excluding carboxylic acids is 1. The van der Waals surface area contributed by atoms with E-state index in [1.807, 2.05) is 31.2 Å². The van der Waals surface area contributed by atoms with Crippen molar-refractivity contribution in [1.29, 1.82) is 0 Å². The van der Waals surface area contributed by atoms with Crippen LogP contribution in [-0.2, 0) is 4.79 Å². The molecule has 2 aliphatic rings. The van der Waals surface area contributed by atoms with Crippen molar-refractivity contribution in [2.75, 3.05) is 0 Å². The lowest BCUT2D eigenvalue weighted by atomic mass is 9.90. The van der Waals surface area contributed by atoms with Gasteiger partial charge in [0, 0.05) is 21.5 Å². The third-order valence-electron chi connectivity index (χ3n) is 6.31. The molecule has 0 radical (unpaired) electrons. The number of hydrogen-bond donors (Lipinski definition) is 1. The maximum atomic E-state index is 13.0. The second kappa shape index (κ2) is 7.32. The highest BCUT2D eigenvalue weighted by Crippen LogP contribution is 2.57. The third kappa shape index (κ3) is 3.75. The van der Waals surface area contributed by atoms with Gasteiger partial charge in [-0.25, -0.2) is 0 Å². The minimum atomic E-state index is -0.104. The molecular weight excluding hydrogens is 353 g/mol. The van der Waals surface area contributed by atoms with E-state index in [2.05, 4.69) is 18.8 Å². The van der Waals surface area contributed by atoms with Gasteiger partial charge in [-0.1, -0.05) is 62.0 Å². The molecule has 1 amide bonds. The van der Waals surface area contributed by atoms with Crippen LogP contribution in [0.4, 0.5) is 0 Å². The first-order chi connectivity index (χ1) is 11.9. The highest BCUT2D eigenvalue weighted by Gasteiger charge is 2.52. The quantitative estimate of drug-likeness (QED) is 0.586. The van der Waals surface area contributed by atoms with Crippen molar-refractivity contribution in [3.05, 3.63) is 46.5 Å². The van der Waals surface area contributed by atoms with Crippen molar-refractivity contribution >= 4 is 29.1 Å². The third-order valence-corrected chi connectivity index (χ3v) is 6.97. The molecule has 0 spiro atoms. The lowest BCUT2D eigenvalue weighted by Gasteiger charge is -2.28. The van der Waals surface area contributed by atoms with Gasteiger partial charge in [0.15, 0.2) is 0 Å². The van der Waals surface area contributed by atoms with Crippen molar-refractivity contribution in [1.82, 2.24) is 5.32 Å². The Kier molecular flexibility index (Phi) is 5.51. The molecule has 1 unspecified atom stereocenters. The molecule has 136 valence electrons. The van der Waals surface area contributed by atoms with Gasteiger partial charge in [-0.05, 0) is 48.6 Å². The second-order valence-corrected chi connectivity index (χ2v) is 8.79. The second-order valence-electron chi connectivity index (χ2n) is 7.98. The van der Waals surface area contributed by atoms with Crippen LogP contribution >= 0.6 is 23.2 Å². The number of carbonyl (C=O) groups is 1. The van der Waals surface area contributed by atoms with E-state index in [0.29, 0.717) is 21.9 Å². The van der Waals surface area contributed by atoms with Crippen LogP contribution in [0.15, 0.2) is 30.9 Å². The Morgan fingerprint density at radius 2 is 1.92 bits per heavy atom. The number of hydrogen-bond acceptors (Lipinski definition) is 1. The predicted octanol–water partition coefficient (Wildman–Crippen LogP) is 6.19. The first-order valence-corrected chi connectivity index (χ1v) is 10.0. The van der Waals surface area contributed by atoms with Crippen LogP contribution in [0.2, 0.25) is 10.0 Å². The summed E-state index contributed by atoms with van der Waals surface area (Å²) in [4.78, 5) is 13.0. The molecule has 1 aromatic rings. The molecule has 2 aliphatic carbocycles. The Balaban J connectivity index is 1.81. The molecule has 0 aromatic heterocycles. The molecule has 0 heterocycles. The molecule has 1 aromatic carbocycles. The Hall–Kier alpha value is -0.990. The van der Waals surface area contributed by atoms with E-state index in [-0.39, 0.29) is 23.3 Å². The normalized spacial score (nSPS) is 28.4. The fraction of sp³-hybridized carbons (Fsp3) is 0.571. The van der Waals surface area contributed by atoms with Gasteiger partial charge in [-0.3, -0.25) is 4.79 Å². The first kappa shape index (κ1) is 18.8. The van der Waals surface area contributed by atoms with E-state index in [9.17, 15) is 4.79 Å². The highest BCUT2D eigenvalue weighted by atomic mass is 35.5. The van der Waals surface area contributed by atoms with Gasteiger partial charge in [0.05, 0.1) is 6.04 Å². The lowest BCUT2D eigenvalue weighted by molar-refractivity contribution is -0.126. The Morgan fingerprint density at radius 1 is 1.32 bits per heavy atom. The van der Waals surface area contributed by atoms with Crippen LogP contribution in [0.5, 0.6) is 0 Å². The van der Waals surface area contributed by atoms with Crippen molar-refractivity contribution in [3.8, 4) is 0 Å². The Bertz CT molecular complexity index is 648. The summed E-state index contributed by atoms with van der Waals surface area (Å²) >= 11 is 12.9. The summed E-state index contributed by atoms with van der Waals surface area (Å²) in [6.07, 6.45) is 7.63. The summed E-state index contributed by atoms with van der Waals surface area (Å²) in [7, 11) is 0. The number of halogens is 2. The zero-order valence-corrected chi connectivity index (χ0v) is 16.5. The predicted molar refractivity (Wildman–Crippen MR) is 105 cm³/mol. The van der Waals surface area contributed by atoms with Gasteiger partial charge in [0.1, 0.15) is 0 Å². The fourth-order valence-electron chi connectivity index (χ4n) is 4.39. The summed E-state index contributed by atoms with van der Waals surface area (Å²) in [5.41, 5.74) is 0.974. The molecule has 0 bridgehead atoms. The maximum Gasteiger partial charge on any atom is 0.223 e. The smallest absolute Gasteiger partial charge is 0.223 e. The van der Waals surface area contributed by atoms with Crippen LogP contribution in [0.25, 0.3) is 0 Å². The van der Waals surface area contributed by atoms with Crippen molar-refractivity contribution in [2.45, 2.75) is 52.0 Å². The number of amides is 1. The van der Waals surface area contributed by atoms with Gasteiger partial charge >= 0.3 is 0 Å². The SMILES string of the molecule is C=C[C@]1(C)CC1[C@@H](C)C(=O)N[C@H](c1c(Cl)cccc1Cl)C1CCCC1. The number of nitrogens with one attached hydrogen (secondary N) is 1. The molecule has 0 aliphatic heterocycles. The van der Waals surface area contributed by atoms with Gasteiger partial charge in [-0.2, -0.15) is 0 Å². The molecular formula is C21H27Cl2NO. The van der Waals surface area contributed by atoms with E-state index in [1.165, 1.54) is 12.8 Å². The zero-order chi connectivity index (χ0) is 18.2. The number of benzene rings is 1. The van der Waals surface area contributed by atoms with E-state index in [4.69, 9.17) is 23.2 Å². The maximum absolute atomic E-state index is 13.0. The monoisotopic (exact) mass is 379 g/mol. The standard InChI is InChI=1S/C21H27Cl2NO/c1-4-21(3)12-15(21)13(2)20(25)24-19(14-8-5-6-9-14)18-16(22)10-7-11-17(18)23/h4,7,10-11,13-15,19H,1,5-6,8-9,12H2,2-3H3,(H,24,25)/t13-,15?,19+,21-/m1/s1. The fourth-order valence-corrected chi connectivity index (χ4v) is 5.02. The van der Waals surface area contributed by atoms with E-state index in [0.717, 1.165) is 24.8 Å². The van der Waals surface area contributed by atoms with Crippen molar-refractivity contribution < 1.29 is 4.79 Å². The molecule has 1 N–H and O–H groups in total. The summed E-state index contributed by atoms with van der Waals surface area (Å²) in [5.74, 6) is 0.839. The molecule has 3 rings (SSSR count). The zero-order valence-electron chi connectivity index (χ0n) is 15.0. The minimum absolute atomic E-state index is 0.0341. The van der Waals surface area contributed by atoms with Crippen molar-refractivity contribution in [2.24, 2.45) is 23.2 Å². The van der Waals surface area contributed by atoms with Crippen LogP contribution < -0.4 is 5.32 Å². The van der Waals surface area contributed by atoms with Crippen LogP contribution in [0, 0.1) is 23.2 Å². The van der Waals surface area contributed by atoms with E-state index in [1.54, 1.807) is 0 Å². The lowest BCUT2D eigenvalue weighted by Crippen LogP contribution is -2.37. The number of rotatable bonds is 6. The summed E-state index contributed by atoms with van der Waals surface area (Å²) in [6, 6.07) is 5.46. The van der Waals surface area contributed by atoms with E-state index >= 15 is 0 Å². The molecule has 0 saturated heterocycles. The topological polar surface area (TPSA) is 29.1 Å². The first-order valence-electron chi connectivity index (χ1n) is 9.25. The van der Waals surface area contributed by atoms with Gasteiger partial charge in [-0.15, -0.1) is 6.58 Å². The van der Waals surface area contributed by atoms with Crippen LogP contribution in [0.1, 0.15) is 57.6 Å². The summed E-state index contributed by atoms with van der Waals surface area (Å²) in [5, 5.41) is 4.57.